The van der Waals surface area contributed by atoms with Gasteiger partial charge in [0.15, 0.2) is 0 Å². The standard InChI is InChI=1S/C9H16N2O/c10-8(12)9-3-1-5-11(7-9)6-2-4-9/h1-7H2,(H2,10,12). The van der Waals surface area contributed by atoms with Crippen LogP contribution in [0.4, 0.5) is 0 Å². The zero-order valence-corrected chi connectivity index (χ0v) is 7.38. The molecule has 0 aromatic carbocycles. The van der Waals surface area contributed by atoms with E-state index in [1.165, 1.54) is 0 Å². The lowest BCUT2D eigenvalue weighted by molar-refractivity contribution is -0.133. The molecule has 1 amide bonds. The Morgan fingerprint density at radius 2 is 1.83 bits per heavy atom. The molecule has 2 rings (SSSR count). The van der Waals surface area contributed by atoms with Crippen LogP contribution in [0.3, 0.4) is 0 Å². The highest BCUT2D eigenvalue weighted by Gasteiger charge is 2.42. The number of hydrogen-bond acceptors (Lipinski definition) is 2. The number of fused-ring (bicyclic) bond motifs is 2. The molecule has 2 saturated heterocycles. The minimum Gasteiger partial charge on any atom is -0.369 e. The lowest BCUT2D eigenvalue weighted by Gasteiger charge is -2.45. The van der Waals surface area contributed by atoms with E-state index in [9.17, 15) is 4.79 Å². The van der Waals surface area contributed by atoms with E-state index < -0.39 is 0 Å². The molecule has 2 heterocycles. The van der Waals surface area contributed by atoms with Crippen LogP contribution in [0.15, 0.2) is 0 Å². The topological polar surface area (TPSA) is 46.3 Å². The minimum atomic E-state index is -0.156. The van der Waals surface area contributed by atoms with Gasteiger partial charge in [0.25, 0.3) is 0 Å². The van der Waals surface area contributed by atoms with Gasteiger partial charge in [-0.1, -0.05) is 0 Å². The van der Waals surface area contributed by atoms with Crippen LogP contribution in [-0.2, 0) is 4.79 Å². The smallest absolute Gasteiger partial charge is 0.224 e. The molecule has 3 heteroatoms. The predicted molar refractivity (Wildman–Crippen MR) is 46.5 cm³/mol. The number of carbonyl (C=O) groups is 1. The Kier molecular flexibility index (Phi) is 1.83. The SMILES string of the molecule is NC(=O)C12CCCN(CCC1)C2. The Morgan fingerprint density at radius 3 is 2.25 bits per heavy atom. The summed E-state index contributed by atoms with van der Waals surface area (Å²) in [5.74, 6) is -0.0769. The van der Waals surface area contributed by atoms with Gasteiger partial charge in [-0.25, -0.2) is 0 Å². The molecule has 0 radical (unpaired) electrons. The maximum atomic E-state index is 11.3. The van der Waals surface area contributed by atoms with Gasteiger partial charge in [-0.05, 0) is 38.8 Å². The number of nitrogens with two attached hydrogens (primary N) is 1. The van der Waals surface area contributed by atoms with E-state index in [1.807, 2.05) is 0 Å². The predicted octanol–water partition coefficient (Wildman–Crippen LogP) is 0.348. The van der Waals surface area contributed by atoms with E-state index in [-0.39, 0.29) is 11.3 Å². The van der Waals surface area contributed by atoms with Crippen molar-refractivity contribution in [3.63, 3.8) is 0 Å². The van der Waals surface area contributed by atoms with Crippen molar-refractivity contribution in [1.82, 2.24) is 4.90 Å². The molecule has 2 fully saturated rings. The van der Waals surface area contributed by atoms with E-state index in [0.29, 0.717) is 0 Å². The fourth-order valence-corrected chi connectivity index (χ4v) is 2.59. The Hall–Kier alpha value is -0.570. The maximum absolute atomic E-state index is 11.3. The highest BCUT2D eigenvalue weighted by molar-refractivity contribution is 5.81. The molecule has 2 aliphatic heterocycles. The van der Waals surface area contributed by atoms with Crippen LogP contribution in [0.25, 0.3) is 0 Å². The second-order valence-electron chi connectivity index (χ2n) is 4.13. The van der Waals surface area contributed by atoms with Crippen LogP contribution in [0.2, 0.25) is 0 Å². The number of hydrogen-bond donors (Lipinski definition) is 1. The average Bonchev–Trinajstić information content (AvgIpc) is 2.04. The number of carbonyl (C=O) groups excluding carboxylic acids is 1. The van der Waals surface area contributed by atoms with Gasteiger partial charge in [-0.15, -0.1) is 0 Å². The molecule has 0 spiro atoms. The third-order valence-corrected chi connectivity index (χ3v) is 3.31. The monoisotopic (exact) mass is 168 g/mol. The molecule has 0 saturated carbocycles. The summed E-state index contributed by atoms with van der Waals surface area (Å²) in [6.07, 6.45) is 4.31. The van der Waals surface area contributed by atoms with Gasteiger partial charge >= 0.3 is 0 Å². The first-order chi connectivity index (χ1) is 5.73. The second-order valence-corrected chi connectivity index (χ2v) is 4.13. The minimum absolute atomic E-state index is 0.0769. The lowest BCUT2D eigenvalue weighted by atomic mass is 9.73. The molecule has 0 aliphatic carbocycles. The highest BCUT2D eigenvalue weighted by atomic mass is 16.1. The lowest BCUT2D eigenvalue weighted by Crippen LogP contribution is -2.53. The molecular formula is C9H16N2O. The molecule has 0 aromatic heterocycles. The largest absolute Gasteiger partial charge is 0.369 e. The van der Waals surface area contributed by atoms with E-state index in [0.717, 1.165) is 45.3 Å². The molecule has 0 unspecified atom stereocenters. The molecule has 2 aliphatic rings. The number of piperidine rings is 2. The zero-order valence-electron chi connectivity index (χ0n) is 7.38. The van der Waals surface area contributed by atoms with E-state index in [1.54, 1.807) is 0 Å². The Bertz CT molecular complexity index is 193. The molecule has 12 heavy (non-hydrogen) atoms. The highest BCUT2D eigenvalue weighted by Crippen LogP contribution is 2.37. The van der Waals surface area contributed by atoms with Crippen LogP contribution < -0.4 is 5.73 Å². The summed E-state index contributed by atoms with van der Waals surface area (Å²) >= 11 is 0. The Morgan fingerprint density at radius 1 is 1.25 bits per heavy atom. The third kappa shape index (κ3) is 1.12. The maximum Gasteiger partial charge on any atom is 0.224 e. The number of primary amides is 1. The van der Waals surface area contributed by atoms with Crippen molar-refractivity contribution in [2.45, 2.75) is 25.7 Å². The van der Waals surface area contributed by atoms with Crippen molar-refractivity contribution in [3.8, 4) is 0 Å². The van der Waals surface area contributed by atoms with Gasteiger partial charge in [0, 0.05) is 6.54 Å². The molecule has 2 N–H and O–H groups in total. The summed E-state index contributed by atoms with van der Waals surface area (Å²) in [5, 5.41) is 0. The Labute approximate surface area is 72.9 Å². The fourth-order valence-electron chi connectivity index (χ4n) is 2.59. The van der Waals surface area contributed by atoms with Crippen LogP contribution in [0.5, 0.6) is 0 Å². The van der Waals surface area contributed by atoms with E-state index in [4.69, 9.17) is 5.73 Å². The van der Waals surface area contributed by atoms with Crippen molar-refractivity contribution in [1.29, 1.82) is 0 Å². The third-order valence-electron chi connectivity index (χ3n) is 3.31. The average molecular weight is 168 g/mol. The first-order valence-electron chi connectivity index (χ1n) is 4.75. The summed E-state index contributed by atoms with van der Waals surface area (Å²) in [6, 6.07) is 0. The van der Waals surface area contributed by atoms with Gasteiger partial charge in [0.05, 0.1) is 5.41 Å². The second kappa shape index (κ2) is 2.73. The molecule has 68 valence electrons. The summed E-state index contributed by atoms with van der Waals surface area (Å²) in [6.45, 7) is 3.24. The quantitative estimate of drug-likeness (QED) is 0.614. The number of amides is 1. The normalized spacial score (nSPS) is 40.8. The van der Waals surface area contributed by atoms with Crippen LogP contribution in [-0.4, -0.2) is 30.4 Å². The summed E-state index contributed by atoms with van der Waals surface area (Å²) in [5.41, 5.74) is 5.29. The summed E-state index contributed by atoms with van der Waals surface area (Å²) < 4.78 is 0. The molecular weight excluding hydrogens is 152 g/mol. The number of nitrogens with zero attached hydrogens (tertiary/aromatic N) is 1. The van der Waals surface area contributed by atoms with Crippen LogP contribution in [0, 0.1) is 5.41 Å². The van der Waals surface area contributed by atoms with E-state index in [2.05, 4.69) is 4.90 Å². The van der Waals surface area contributed by atoms with Crippen molar-refractivity contribution >= 4 is 5.91 Å². The van der Waals surface area contributed by atoms with Crippen molar-refractivity contribution in [3.05, 3.63) is 0 Å². The van der Waals surface area contributed by atoms with Crippen molar-refractivity contribution in [2.75, 3.05) is 19.6 Å². The van der Waals surface area contributed by atoms with E-state index >= 15 is 0 Å². The van der Waals surface area contributed by atoms with Crippen LogP contribution in [0.1, 0.15) is 25.7 Å². The molecule has 2 bridgehead atoms. The summed E-state index contributed by atoms with van der Waals surface area (Å²) in [7, 11) is 0. The zero-order chi connectivity index (χ0) is 8.60. The molecule has 0 atom stereocenters. The van der Waals surface area contributed by atoms with Gasteiger partial charge in [-0.3, -0.25) is 4.79 Å². The van der Waals surface area contributed by atoms with Gasteiger partial charge < -0.3 is 10.6 Å². The first kappa shape index (κ1) is 8.05. The molecule has 3 nitrogen and oxygen atoms in total. The summed E-state index contributed by atoms with van der Waals surface area (Å²) in [4.78, 5) is 13.7. The van der Waals surface area contributed by atoms with Gasteiger partial charge in [0.1, 0.15) is 0 Å². The van der Waals surface area contributed by atoms with Crippen molar-refractivity contribution in [2.24, 2.45) is 11.1 Å². The first-order valence-corrected chi connectivity index (χ1v) is 4.75. The fraction of sp³-hybridized carbons (Fsp3) is 0.889. The molecule has 0 aromatic rings. The van der Waals surface area contributed by atoms with Crippen molar-refractivity contribution < 1.29 is 4.79 Å². The van der Waals surface area contributed by atoms with Gasteiger partial charge in [-0.2, -0.15) is 0 Å². The Balaban J connectivity index is 2.17. The van der Waals surface area contributed by atoms with Gasteiger partial charge in [0.2, 0.25) is 5.91 Å². The van der Waals surface area contributed by atoms with Crippen LogP contribution >= 0.6 is 0 Å². The number of rotatable bonds is 1.